The van der Waals surface area contributed by atoms with Crippen LogP contribution in [0.1, 0.15) is 43.5 Å². The first kappa shape index (κ1) is 20.3. The molecule has 2 aromatic heterocycles. The molecule has 2 fully saturated rings. The van der Waals surface area contributed by atoms with Crippen molar-refractivity contribution in [3.8, 4) is 0 Å². The van der Waals surface area contributed by atoms with Gasteiger partial charge in [0.1, 0.15) is 48.4 Å². The highest BCUT2D eigenvalue weighted by atomic mass is 35.5. The number of hydrogen-bond acceptors (Lipinski definition) is 7. The highest BCUT2D eigenvalue weighted by molar-refractivity contribution is 6.30. The predicted molar refractivity (Wildman–Crippen MR) is 114 cm³/mol. The summed E-state index contributed by atoms with van der Waals surface area (Å²) in [6, 6.07) is 7.02. The Bertz CT molecular complexity index is 1200. The summed E-state index contributed by atoms with van der Waals surface area (Å²) >= 11 is 6.13. The molecule has 6 atom stereocenters. The summed E-state index contributed by atoms with van der Waals surface area (Å²) in [4.78, 5) is 8.44. The van der Waals surface area contributed by atoms with E-state index in [0.29, 0.717) is 27.6 Å². The van der Waals surface area contributed by atoms with Crippen LogP contribution in [-0.4, -0.2) is 45.2 Å². The van der Waals surface area contributed by atoms with Crippen molar-refractivity contribution in [1.29, 1.82) is 0 Å². The molecule has 1 aromatic carbocycles. The van der Waals surface area contributed by atoms with Crippen molar-refractivity contribution >= 4 is 28.5 Å². The largest absolute Gasteiger partial charge is 0.383 e. The highest BCUT2D eigenvalue weighted by Gasteiger charge is 2.59. The molecule has 5 heterocycles. The lowest BCUT2D eigenvalue weighted by Crippen LogP contribution is -2.37. The second-order valence-electron chi connectivity index (χ2n) is 8.77. The number of nitrogen functional groups attached to an aromatic ring is 1. The lowest BCUT2D eigenvalue weighted by atomic mass is 9.91. The maximum atomic E-state index is 14.6. The van der Waals surface area contributed by atoms with Crippen LogP contribution in [0.4, 0.5) is 10.2 Å². The van der Waals surface area contributed by atoms with Gasteiger partial charge in [0.05, 0.1) is 12.0 Å². The molecule has 2 saturated heterocycles. The minimum atomic E-state index is -1.25. The van der Waals surface area contributed by atoms with Crippen LogP contribution in [0, 0.1) is 0 Å². The standard InChI is InChI=1S/C22H22ClFN4O4/c1-22(2)31-17-16(15-11-4-3-10(23)7-13(11)14(24)8-29-15)30-21(18(17)32-22)28-6-5-12-19(25)26-9-27-20(12)28/h3-7,9,14-18,21H,8H2,1-2H3,(H2,25,26,27)/t14-,15?,16+,17?,18+,21+/m0/s1. The van der Waals surface area contributed by atoms with Crippen LogP contribution < -0.4 is 5.73 Å². The molecule has 3 aromatic rings. The molecule has 0 bridgehead atoms. The molecule has 168 valence electrons. The van der Waals surface area contributed by atoms with Crippen LogP contribution in [0.25, 0.3) is 11.0 Å². The summed E-state index contributed by atoms with van der Waals surface area (Å²) in [5.41, 5.74) is 7.87. The molecule has 0 aliphatic carbocycles. The zero-order valence-electron chi connectivity index (χ0n) is 17.4. The van der Waals surface area contributed by atoms with Gasteiger partial charge in [0, 0.05) is 11.2 Å². The number of rotatable bonds is 2. The molecule has 0 saturated carbocycles. The van der Waals surface area contributed by atoms with Gasteiger partial charge in [0.2, 0.25) is 0 Å². The molecule has 2 N–H and O–H groups in total. The van der Waals surface area contributed by atoms with Crippen LogP contribution in [-0.2, 0) is 18.9 Å². The van der Waals surface area contributed by atoms with Gasteiger partial charge in [-0.25, -0.2) is 14.4 Å². The van der Waals surface area contributed by atoms with Crippen molar-refractivity contribution in [2.24, 2.45) is 0 Å². The Balaban J connectivity index is 1.42. The summed E-state index contributed by atoms with van der Waals surface area (Å²) in [6.07, 6.45) is -0.456. The third-order valence-corrected chi connectivity index (χ3v) is 6.53. The van der Waals surface area contributed by atoms with E-state index >= 15 is 0 Å². The van der Waals surface area contributed by atoms with Crippen molar-refractivity contribution in [3.63, 3.8) is 0 Å². The smallest absolute Gasteiger partial charge is 0.164 e. The van der Waals surface area contributed by atoms with Crippen molar-refractivity contribution in [2.75, 3.05) is 12.3 Å². The van der Waals surface area contributed by atoms with Gasteiger partial charge in [0.25, 0.3) is 0 Å². The van der Waals surface area contributed by atoms with Gasteiger partial charge in [-0.05, 0) is 43.2 Å². The van der Waals surface area contributed by atoms with Gasteiger partial charge in [0.15, 0.2) is 12.0 Å². The molecular weight excluding hydrogens is 439 g/mol. The average molecular weight is 461 g/mol. The van der Waals surface area contributed by atoms with E-state index in [1.165, 1.54) is 6.33 Å². The number of nitrogens with zero attached hydrogens (tertiary/aromatic N) is 3. The fourth-order valence-electron chi connectivity index (χ4n) is 4.99. The molecule has 32 heavy (non-hydrogen) atoms. The van der Waals surface area contributed by atoms with Gasteiger partial charge in [-0.2, -0.15) is 0 Å². The molecule has 3 aliphatic heterocycles. The molecule has 0 amide bonds. The molecule has 0 radical (unpaired) electrons. The van der Waals surface area contributed by atoms with Gasteiger partial charge in [-0.3, -0.25) is 0 Å². The van der Waals surface area contributed by atoms with Gasteiger partial charge >= 0.3 is 0 Å². The summed E-state index contributed by atoms with van der Waals surface area (Å²) in [5.74, 6) is -0.425. The summed E-state index contributed by atoms with van der Waals surface area (Å²) in [6.45, 7) is 3.64. The Morgan fingerprint density at radius 3 is 2.78 bits per heavy atom. The van der Waals surface area contributed by atoms with Crippen LogP contribution in [0.5, 0.6) is 0 Å². The van der Waals surface area contributed by atoms with Crippen LogP contribution in [0.15, 0.2) is 36.8 Å². The Hall–Kier alpha value is -2.30. The second kappa shape index (κ2) is 7.10. The van der Waals surface area contributed by atoms with E-state index in [1.54, 1.807) is 18.2 Å². The van der Waals surface area contributed by atoms with E-state index in [0.717, 1.165) is 5.39 Å². The molecule has 3 aliphatic rings. The van der Waals surface area contributed by atoms with Gasteiger partial charge < -0.3 is 29.2 Å². The van der Waals surface area contributed by atoms with E-state index in [2.05, 4.69) is 9.97 Å². The third-order valence-electron chi connectivity index (χ3n) is 6.29. The van der Waals surface area contributed by atoms with E-state index < -0.39 is 42.6 Å². The monoisotopic (exact) mass is 460 g/mol. The Kier molecular flexibility index (Phi) is 4.51. The molecule has 2 unspecified atom stereocenters. The van der Waals surface area contributed by atoms with Gasteiger partial charge in [-0.15, -0.1) is 0 Å². The minimum absolute atomic E-state index is 0.0830. The van der Waals surface area contributed by atoms with Crippen molar-refractivity contribution in [3.05, 3.63) is 52.9 Å². The fraction of sp³-hybridized carbons (Fsp3) is 0.455. The number of benzene rings is 1. The average Bonchev–Trinajstić information content (AvgIpc) is 3.40. The second-order valence-corrected chi connectivity index (χ2v) is 9.21. The number of anilines is 1. The van der Waals surface area contributed by atoms with E-state index in [-0.39, 0.29) is 6.61 Å². The lowest BCUT2D eigenvalue weighted by Gasteiger charge is -2.34. The maximum absolute atomic E-state index is 14.6. The SMILES string of the molecule is CC1(C)OC2[C@@H](C3OC[C@H](F)c4cc(Cl)ccc43)O[C@@H](n3ccc4c(N)ncnc43)[C@@H]2O1. The molecule has 6 rings (SSSR count). The number of fused-ring (bicyclic) bond motifs is 3. The Labute approximate surface area is 188 Å². The van der Waals surface area contributed by atoms with E-state index in [4.69, 9.17) is 36.3 Å². The van der Waals surface area contributed by atoms with Crippen LogP contribution in [0.3, 0.4) is 0 Å². The number of aromatic nitrogens is 3. The summed E-state index contributed by atoms with van der Waals surface area (Å²) < 4.78 is 41.4. The normalized spacial score (nSPS) is 33.4. The zero-order valence-corrected chi connectivity index (χ0v) is 18.2. The van der Waals surface area contributed by atoms with E-state index in [1.807, 2.05) is 30.7 Å². The third kappa shape index (κ3) is 3.03. The summed E-state index contributed by atoms with van der Waals surface area (Å²) in [5, 5.41) is 1.20. The van der Waals surface area contributed by atoms with Crippen molar-refractivity contribution < 1.29 is 23.3 Å². The summed E-state index contributed by atoms with van der Waals surface area (Å²) in [7, 11) is 0. The van der Waals surface area contributed by atoms with E-state index in [9.17, 15) is 4.39 Å². The first-order valence-corrected chi connectivity index (χ1v) is 10.8. The first-order valence-electron chi connectivity index (χ1n) is 10.5. The predicted octanol–water partition coefficient (Wildman–Crippen LogP) is 3.87. The molecular formula is C22H22ClFN4O4. The Morgan fingerprint density at radius 1 is 1.12 bits per heavy atom. The molecule has 8 nitrogen and oxygen atoms in total. The highest BCUT2D eigenvalue weighted by Crippen LogP contribution is 2.50. The molecule has 0 spiro atoms. The van der Waals surface area contributed by atoms with Crippen LogP contribution >= 0.6 is 11.6 Å². The zero-order chi connectivity index (χ0) is 22.2. The number of alkyl halides is 1. The van der Waals surface area contributed by atoms with Gasteiger partial charge in [-0.1, -0.05) is 17.7 Å². The van der Waals surface area contributed by atoms with Crippen LogP contribution in [0.2, 0.25) is 5.02 Å². The lowest BCUT2D eigenvalue weighted by molar-refractivity contribution is -0.214. The van der Waals surface area contributed by atoms with Crippen molar-refractivity contribution in [2.45, 2.75) is 56.5 Å². The first-order chi connectivity index (χ1) is 15.3. The topological polar surface area (TPSA) is 93.7 Å². The number of nitrogens with two attached hydrogens (primary N) is 1. The number of ether oxygens (including phenoxy) is 4. The quantitative estimate of drug-likeness (QED) is 0.620. The number of hydrogen-bond donors (Lipinski definition) is 1. The van der Waals surface area contributed by atoms with Crippen molar-refractivity contribution in [1.82, 2.24) is 14.5 Å². The maximum Gasteiger partial charge on any atom is 0.164 e. The Morgan fingerprint density at radius 2 is 1.94 bits per heavy atom. The minimum Gasteiger partial charge on any atom is -0.383 e. The number of halogens is 2. The molecule has 10 heteroatoms. The fourth-order valence-corrected chi connectivity index (χ4v) is 5.17.